The van der Waals surface area contributed by atoms with E-state index in [2.05, 4.69) is 16.8 Å². The second kappa shape index (κ2) is 9.32. The van der Waals surface area contributed by atoms with E-state index in [1.807, 2.05) is 11.5 Å². The molecule has 0 saturated heterocycles. The summed E-state index contributed by atoms with van der Waals surface area (Å²) in [5.41, 5.74) is 1.37. The predicted molar refractivity (Wildman–Crippen MR) is 108 cm³/mol. The Bertz CT molecular complexity index is 953. The Morgan fingerprint density at radius 1 is 1.18 bits per heavy atom. The van der Waals surface area contributed by atoms with Crippen LogP contribution in [0.3, 0.4) is 0 Å². The zero-order valence-corrected chi connectivity index (χ0v) is 16.3. The van der Waals surface area contributed by atoms with Gasteiger partial charge in [-0.15, -0.1) is 16.8 Å². The second-order valence-electron chi connectivity index (χ2n) is 5.88. The quantitative estimate of drug-likeness (QED) is 0.299. The first-order chi connectivity index (χ1) is 13.6. The van der Waals surface area contributed by atoms with Crippen molar-refractivity contribution in [1.82, 2.24) is 14.8 Å². The summed E-state index contributed by atoms with van der Waals surface area (Å²) in [5, 5.41) is 9.02. The van der Waals surface area contributed by atoms with Gasteiger partial charge in [0.1, 0.15) is 11.6 Å². The van der Waals surface area contributed by atoms with Crippen LogP contribution in [0.1, 0.15) is 17.3 Å². The van der Waals surface area contributed by atoms with Gasteiger partial charge >= 0.3 is 0 Å². The van der Waals surface area contributed by atoms with Crippen LogP contribution in [0.5, 0.6) is 5.75 Å². The topological polar surface area (TPSA) is 57.0 Å². The Balaban J connectivity index is 1.74. The van der Waals surface area contributed by atoms with Gasteiger partial charge < -0.3 is 4.74 Å². The van der Waals surface area contributed by atoms with Crippen LogP contribution >= 0.6 is 11.8 Å². The first kappa shape index (κ1) is 19.8. The number of carbonyl (C=O) groups excluding carboxylic acids is 1. The van der Waals surface area contributed by atoms with Crippen molar-refractivity contribution in [3.8, 4) is 17.1 Å². The van der Waals surface area contributed by atoms with Gasteiger partial charge in [0.05, 0.1) is 12.4 Å². The number of benzene rings is 2. The highest BCUT2D eigenvalue weighted by atomic mass is 32.2. The molecular weight excluding hydrogens is 377 g/mol. The molecule has 3 rings (SSSR count). The lowest BCUT2D eigenvalue weighted by atomic mass is 10.1. The fourth-order valence-corrected chi connectivity index (χ4v) is 3.46. The lowest BCUT2D eigenvalue weighted by Gasteiger charge is -2.08. The maximum atomic E-state index is 13.2. The van der Waals surface area contributed by atoms with Crippen molar-refractivity contribution in [2.24, 2.45) is 0 Å². The van der Waals surface area contributed by atoms with E-state index in [-0.39, 0.29) is 17.4 Å². The van der Waals surface area contributed by atoms with E-state index in [0.717, 1.165) is 11.3 Å². The Morgan fingerprint density at radius 2 is 1.89 bits per heavy atom. The average molecular weight is 397 g/mol. The summed E-state index contributed by atoms with van der Waals surface area (Å²) in [7, 11) is 0. The molecule has 0 radical (unpaired) electrons. The van der Waals surface area contributed by atoms with Crippen LogP contribution in [0.15, 0.2) is 66.3 Å². The summed E-state index contributed by atoms with van der Waals surface area (Å²) in [4.78, 5) is 12.5. The number of Topliss-reactive ketones (excluding diaryl/α,β-unsaturated/α-hetero) is 1. The lowest BCUT2D eigenvalue weighted by Crippen LogP contribution is -2.05. The number of aromatic nitrogens is 3. The number of ketones is 1. The highest BCUT2D eigenvalue weighted by Gasteiger charge is 2.15. The van der Waals surface area contributed by atoms with Crippen molar-refractivity contribution in [3.63, 3.8) is 0 Å². The first-order valence-electron chi connectivity index (χ1n) is 8.81. The smallest absolute Gasteiger partial charge is 0.192 e. The number of halogens is 1. The molecule has 7 heteroatoms. The van der Waals surface area contributed by atoms with Gasteiger partial charge in [0.2, 0.25) is 0 Å². The molecular formula is C21H20FN3O2S. The molecule has 0 bridgehead atoms. The van der Waals surface area contributed by atoms with E-state index in [4.69, 9.17) is 4.74 Å². The van der Waals surface area contributed by atoms with Gasteiger partial charge in [-0.1, -0.05) is 17.8 Å². The molecule has 0 amide bonds. The highest BCUT2D eigenvalue weighted by Crippen LogP contribution is 2.25. The van der Waals surface area contributed by atoms with Crippen LogP contribution in [-0.4, -0.2) is 32.9 Å². The van der Waals surface area contributed by atoms with E-state index in [1.54, 1.807) is 42.5 Å². The van der Waals surface area contributed by atoms with Crippen molar-refractivity contribution in [3.05, 3.63) is 72.6 Å². The Morgan fingerprint density at radius 3 is 2.54 bits per heavy atom. The average Bonchev–Trinajstić information content (AvgIpc) is 3.10. The van der Waals surface area contributed by atoms with E-state index in [0.29, 0.717) is 29.7 Å². The third-order valence-corrected chi connectivity index (χ3v) is 4.92. The van der Waals surface area contributed by atoms with Crippen molar-refractivity contribution in [2.45, 2.75) is 18.6 Å². The molecule has 144 valence electrons. The fourth-order valence-electron chi connectivity index (χ4n) is 2.62. The number of carbonyl (C=O) groups is 1. The van der Waals surface area contributed by atoms with Crippen molar-refractivity contribution < 1.29 is 13.9 Å². The summed E-state index contributed by atoms with van der Waals surface area (Å²) in [6, 6.07) is 13.1. The number of allylic oxidation sites excluding steroid dienone is 1. The molecule has 1 aromatic heterocycles. The van der Waals surface area contributed by atoms with Crippen LogP contribution < -0.4 is 4.74 Å². The Kier molecular flexibility index (Phi) is 6.60. The number of hydrogen-bond acceptors (Lipinski definition) is 5. The minimum absolute atomic E-state index is 0.00969. The minimum atomic E-state index is -0.311. The first-order valence-corrected chi connectivity index (χ1v) is 9.79. The Labute approximate surface area is 167 Å². The number of ether oxygens (including phenoxy) is 1. The number of nitrogens with zero attached hydrogens (tertiary/aromatic N) is 3. The molecule has 0 unspecified atom stereocenters. The third kappa shape index (κ3) is 4.67. The van der Waals surface area contributed by atoms with Gasteiger partial charge in [-0.05, 0) is 55.5 Å². The van der Waals surface area contributed by atoms with Gasteiger partial charge in [-0.2, -0.15) is 0 Å². The normalized spacial score (nSPS) is 10.6. The summed E-state index contributed by atoms with van der Waals surface area (Å²) < 4.78 is 20.4. The van der Waals surface area contributed by atoms with E-state index >= 15 is 0 Å². The highest BCUT2D eigenvalue weighted by molar-refractivity contribution is 7.99. The molecule has 2 aromatic carbocycles. The van der Waals surface area contributed by atoms with Gasteiger partial charge in [0.15, 0.2) is 16.8 Å². The van der Waals surface area contributed by atoms with Crippen LogP contribution in [0.25, 0.3) is 11.4 Å². The maximum Gasteiger partial charge on any atom is 0.192 e. The molecule has 3 aromatic rings. The predicted octanol–water partition coefficient (Wildman–Crippen LogP) is 4.64. The molecule has 0 fully saturated rings. The molecule has 5 nitrogen and oxygen atoms in total. The molecule has 0 aliphatic heterocycles. The van der Waals surface area contributed by atoms with Gasteiger partial charge in [-0.3, -0.25) is 9.36 Å². The largest absolute Gasteiger partial charge is 0.494 e. The van der Waals surface area contributed by atoms with Crippen molar-refractivity contribution in [2.75, 3.05) is 12.4 Å². The molecule has 1 heterocycles. The van der Waals surface area contributed by atoms with Crippen molar-refractivity contribution in [1.29, 1.82) is 0 Å². The van der Waals surface area contributed by atoms with Crippen LogP contribution in [0, 0.1) is 5.82 Å². The summed E-state index contributed by atoms with van der Waals surface area (Å²) in [5.74, 6) is 1.25. The number of rotatable bonds is 9. The molecule has 0 aliphatic rings. The van der Waals surface area contributed by atoms with Crippen LogP contribution in [-0.2, 0) is 6.54 Å². The fraction of sp³-hybridized carbons (Fsp3) is 0.190. The molecule has 0 N–H and O–H groups in total. The molecule has 0 atom stereocenters. The van der Waals surface area contributed by atoms with Gasteiger partial charge in [0.25, 0.3) is 0 Å². The summed E-state index contributed by atoms with van der Waals surface area (Å²) in [6.45, 7) is 6.75. The summed E-state index contributed by atoms with van der Waals surface area (Å²) in [6.07, 6.45) is 1.73. The van der Waals surface area contributed by atoms with Crippen molar-refractivity contribution >= 4 is 17.5 Å². The molecule has 0 aliphatic carbocycles. The number of thioether (sulfide) groups is 1. The van der Waals surface area contributed by atoms with Crippen LogP contribution in [0.2, 0.25) is 0 Å². The monoisotopic (exact) mass is 397 g/mol. The second-order valence-corrected chi connectivity index (χ2v) is 6.82. The molecule has 28 heavy (non-hydrogen) atoms. The molecule has 0 spiro atoms. The Hall–Kier alpha value is -2.93. The van der Waals surface area contributed by atoms with E-state index in [1.165, 1.54) is 23.9 Å². The summed E-state index contributed by atoms with van der Waals surface area (Å²) >= 11 is 1.31. The van der Waals surface area contributed by atoms with Gasteiger partial charge in [-0.25, -0.2) is 4.39 Å². The number of hydrogen-bond donors (Lipinski definition) is 0. The standard InChI is InChI=1S/C21H20FN3O2S/c1-3-13-25-20(16-5-9-17(22)10-6-16)23-24-21(25)28-14-19(26)15-7-11-18(12-8-15)27-4-2/h3,5-12H,1,4,13-14H2,2H3. The molecule has 0 saturated carbocycles. The maximum absolute atomic E-state index is 13.2. The zero-order valence-electron chi connectivity index (χ0n) is 15.5. The zero-order chi connectivity index (χ0) is 19.9. The van der Waals surface area contributed by atoms with Gasteiger partial charge in [0, 0.05) is 17.7 Å². The van der Waals surface area contributed by atoms with Crippen LogP contribution in [0.4, 0.5) is 4.39 Å². The minimum Gasteiger partial charge on any atom is -0.494 e. The third-order valence-electron chi connectivity index (χ3n) is 3.95. The SMILES string of the molecule is C=CCn1c(SCC(=O)c2ccc(OCC)cc2)nnc1-c1ccc(F)cc1. The lowest BCUT2D eigenvalue weighted by molar-refractivity contribution is 0.102. The van der Waals surface area contributed by atoms with E-state index < -0.39 is 0 Å². The van der Waals surface area contributed by atoms with E-state index in [9.17, 15) is 9.18 Å².